The fourth-order valence-electron chi connectivity index (χ4n) is 2.42. The number of amides is 1. The van der Waals surface area contributed by atoms with Crippen LogP contribution in [0.2, 0.25) is 0 Å². The van der Waals surface area contributed by atoms with Crippen LogP contribution in [0.1, 0.15) is 19.8 Å². The number of nitrogens with one attached hydrogen (secondary N) is 2. The van der Waals surface area contributed by atoms with E-state index in [1.54, 1.807) is 13.1 Å². The fourth-order valence-corrected chi connectivity index (χ4v) is 2.42. The highest BCUT2D eigenvalue weighted by Crippen LogP contribution is 2.18. The van der Waals surface area contributed by atoms with Gasteiger partial charge in [0.05, 0.1) is 12.2 Å². The molecule has 1 heterocycles. The van der Waals surface area contributed by atoms with Gasteiger partial charge in [0.1, 0.15) is 5.82 Å². The molecule has 0 aromatic carbocycles. The van der Waals surface area contributed by atoms with Crippen LogP contribution >= 0.6 is 0 Å². The number of anilines is 2. The molecule has 4 N–H and O–H groups in total. The summed E-state index contributed by atoms with van der Waals surface area (Å²) in [6, 6.07) is 3.01. The lowest BCUT2D eigenvalue weighted by Crippen LogP contribution is -2.32. The second-order valence-corrected chi connectivity index (χ2v) is 5.82. The van der Waals surface area contributed by atoms with Crippen molar-refractivity contribution < 1.29 is 4.79 Å². The molecule has 1 aliphatic rings. The van der Waals surface area contributed by atoms with Crippen molar-refractivity contribution in [1.82, 2.24) is 9.88 Å². The van der Waals surface area contributed by atoms with Crippen molar-refractivity contribution in [2.75, 3.05) is 24.1 Å². The van der Waals surface area contributed by atoms with Crippen molar-refractivity contribution in [2.45, 2.75) is 19.8 Å². The van der Waals surface area contributed by atoms with E-state index in [-0.39, 0.29) is 18.0 Å². The monoisotopic (exact) mass is 316 g/mol. The van der Waals surface area contributed by atoms with Crippen molar-refractivity contribution in [1.29, 1.82) is 0 Å². The Morgan fingerprint density at radius 3 is 2.91 bits per heavy atom. The molecule has 0 aliphatic heterocycles. The minimum Gasteiger partial charge on any atom is -0.383 e. The molecule has 1 aliphatic carbocycles. The highest BCUT2D eigenvalue weighted by Gasteiger charge is 2.09. The minimum atomic E-state index is -0.178. The number of nitrogen functional groups attached to an aromatic ring is 1. The van der Waals surface area contributed by atoms with Gasteiger partial charge in [0.25, 0.3) is 5.56 Å². The molecular weight excluding hydrogens is 292 g/mol. The van der Waals surface area contributed by atoms with Gasteiger partial charge >= 0.3 is 0 Å². The van der Waals surface area contributed by atoms with E-state index in [0.717, 1.165) is 12.8 Å². The third-order valence-electron chi connectivity index (χ3n) is 4.01. The summed E-state index contributed by atoms with van der Waals surface area (Å²) in [4.78, 5) is 23.3. The molecule has 0 saturated carbocycles. The molecule has 0 radical (unpaired) electrons. The quantitative estimate of drug-likeness (QED) is 0.740. The predicted molar refractivity (Wildman–Crippen MR) is 93.2 cm³/mol. The van der Waals surface area contributed by atoms with Gasteiger partial charge in [-0.1, -0.05) is 23.8 Å². The van der Waals surface area contributed by atoms with E-state index in [9.17, 15) is 9.59 Å². The molecule has 0 spiro atoms. The topological polar surface area (TPSA) is 89.2 Å². The zero-order chi connectivity index (χ0) is 16.8. The number of pyridine rings is 1. The Balaban J connectivity index is 1.73. The van der Waals surface area contributed by atoms with Gasteiger partial charge in [-0.2, -0.15) is 0 Å². The number of rotatable bonds is 6. The summed E-state index contributed by atoms with van der Waals surface area (Å²) in [6.45, 7) is 2.86. The Labute approximate surface area is 136 Å². The average Bonchev–Trinajstić information content (AvgIpc) is 2.54. The van der Waals surface area contributed by atoms with Crippen LogP contribution in [0.15, 0.2) is 40.7 Å². The third-order valence-corrected chi connectivity index (χ3v) is 4.01. The molecule has 1 aromatic heterocycles. The number of nitrogens with two attached hydrogens (primary N) is 1. The number of carbonyl (C=O) groups is 1. The smallest absolute Gasteiger partial charge is 0.251 e. The van der Waals surface area contributed by atoms with E-state index >= 15 is 0 Å². The first-order chi connectivity index (χ1) is 11.0. The Hall–Kier alpha value is -2.50. The van der Waals surface area contributed by atoms with Gasteiger partial charge in [-0.3, -0.25) is 14.2 Å². The van der Waals surface area contributed by atoms with Crippen LogP contribution in [0.4, 0.5) is 11.5 Å². The van der Waals surface area contributed by atoms with Gasteiger partial charge in [-0.05, 0) is 31.7 Å². The maximum Gasteiger partial charge on any atom is 0.251 e. The summed E-state index contributed by atoms with van der Waals surface area (Å²) < 4.78 is 1.34. The SMILES string of the molecule is CC1=CCC(CCNC(=O)CNc2ccc(=O)n(C)c2N)C=C1. The van der Waals surface area contributed by atoms with Gasteiger partial charge in [-0.15, -0.1) is 0 Å². The van der Waals surface area contributed by atoms with Crippen molar-refractivity contribution in [3.8, 4) is 0 Å². The molecule has 23 heavy (non-hydrogen) atoms. The number of hydrogen-bond acceptors (Lipinski definition) is 4. The highest BCUT2D eigenvalue weighted by molar-refractivity contribution is 5.81. The summed E-state index contributed by atoms with van der Waals surface area (Å²) in [5.41, 5.74) is 7.53. The largest absolute Gasteiger partial charge is 0.383 e. The van der Waals surface area contributed by atoms with Crippen LogP contribution in [-0.4, -0.2) is 23.6 Å². The Kier molecular flexibility index (Phi) is 5.62. The van der Waals surface area contributed by atoms with E-state index < -0.39 is 0 Å². The first kappa shape index (κ1) is 16.9. The minimum absolute atomic E-state index is 0.0928. The molecule has 1 atom stereocenters. The molecule has 1 unspecified atom stereocenters. The van der Waals surface area contributed by atoms with Gasteiger partial charge < -0.3 is 16.4 Å². The molecule has 6 nitrogen and oxygen atoms in total. The van der Waals surface area contributed by atoms with Crippen molar-refractivity contribution in [3.05, 3.63) is 46.3 Å². The van der Waals surface area contributed by atoms with Crippen LogP contribution < -0.4 is 21.9 Å². The van der Waals surface area contributed by atoms with E-state index in [4.69, 9.17) is 5.73 Å². The van der Waals surface area contributed by atoms with Gasteiger partial charge in [0.2, 0.25) is 5.91 Å². The van der Waals surface area contributed by atoms with Gasteiger partial charge in [0.15, 0.2) is 0 Å². The normalized spacial score (nSPS) is 16.8. The zero-order valence-corrected chi connectivity index (χ0v) is 13.6. The summed E-state index contributed by atoms with van der Waals surface area (Å²) in [6.07, 6.45) is 8.50. The van der Waals surface area contributed by atoms with E-state index in [1.165, 1.54) is 16.2 Å². The third kappa shape index (κ3) is 4.74. The van der Waals surface area contributed by atoms with Crippen molar-refractivity contribution in [3.63, 3.8) is 0 Å². The van der Waals surface area contributed by atoms with E-state index in [0.29, 0.717) is 24.0 Å². The molecule has 0 fully saturated rings. The number of allylic oxidation sites excluding steroid dienone is 4. The molecule has 0 saturated heterocycles. The summed E-state index contributed by atoms with van der Waals surface area (Å²) in [5.74, 6) is 0.718. The lowest BCUT2D eigenvalue weighted by molar-refractivity contribution is -0.119. The maximum absolute atomic E-state index is 11.9. The molecular formula is C17H24N4O2. The van der Waals surface area contributed by atoms with Crippen LogP contribution in [-0.2, 0) is 11.8 Å². The van der Waals surface area contributed by atoms with Crippen LogP contribution in [0.25, 0.3) is 0 Å². The Morgan fingerprint density at radius 1 is 1.43 bits per heavy atom. The standard InChI is InChI=1S/C17H24N4O2/c1-12-3-5-13(6-4-12)9-10-19-15(22)11-20-14-7-8-16(23)21(2)17(14)18/h3-5,7-8,13,20H,6,9-11,18H2,1-2H3,(H,19,22). The number of hydrogen-bond donors (Lipinski definition) is 3. The first-order valence-electron chi connectivity index (χ1n) is 7.78. The Bertz CT molecular complexity index is 688. The van der Waals surface area contributed by atoms with Crippen molar-refractivity contribution >= 4 is 17.4 Å². The number of aromatic nitrogens is 1. The second-order valence-electron chi connectivity index (χ2n) is 5.82. The van der Waals surface area contributed by atoms with E-state index in [1.807, 2.05) is 0 Å². The second kappa shape index (κ2) is 7.67. The average molecular weight is 316 g/mol. The predicted octanol–water partition coefficient (Wildman–Crippen LogP) is 1.41. The van der Waals surface area contributed by atoms with Gasteiger partial charge in [0, 0.05) is 19.7 Å². The summed E-state index contributed by atoms with van der Waals surface area (Å²) in [5, 5.41) is 5.85. The molecule has 1 aromatic rings. The number of nitrogens with zero attached hydrogens (tertiary/aromatic N) is 1. The van der Waals surface area contributed by atoms with Crippen molar-refractivity contribution in [2.24, 2.45) is 13.0 Å². The molecule has 2 rings (SSSR count). The lowest BCUT2D eigenvalue weighted by atomic mass is 9.94. The summed E-state index contributed by atoms with van der Waals surface area (Å²) >= 11 is 0. The molecule has 124 valence electrons. The maximum atomic E-state index is 11.9. The van der Waals surface area contributed by atoms with Crippen LogP contribution in [0, 0.1) is 5.92 Å². The number of carbonyl (C=O) groups excluding carboxylic acids is 1. The fraction of sp³-hybridized carbons (Fsp3) is 0.412. The molecule has 0 bridgehead atoms. The molecule has 1 amide bonds. The Morgan fingerprint density at radius 2 is 2.22 bits per heavy atom. The van der Waals surface area contributed by atoms with E-state index in [2.05, 4.69) is 35.8 Å². The first-order valence-corrected chi connectivity index (χ1v) is 7.78. The lowest BCUT2D eigenvalue weighted by Gasteiger charge is -2.15. The van der Waals surface area contributed by atoms with Crippen LogP contribution in [0.5, 0.6) is 0 Å². The van der Waals surface area contributed by atoms with Crippen LogP contribution in [0.3, 0.4) is 0 Å². The highest BCUT2D eigenvalue weighted by atomic mass is 16.2. The van der Waals surface area contributed by atoms with Gasteiger partial charge in [-0.25, -0.2) is 0 Å². The summed E-state index contributed by atoms with van der Waals surface area (Å²) in [7, 11) is 1.59. The zero-order valence-electron chi connectivity index (χ0n) is 13.6. The molecule has 6 heteroatoms.